The minimum Gasteiger partial charge on any atom is -0.462 e. The highest BCUT2D eigenvalue weighted by Gasteiger charge is 2.08. The summed E-state index contributed by atoms with van der Waals surface area (Å²) in [5.74, 6) is -0.229. The minimum atomic E-state index is -0.229. The van der Waals surface area contributed by atoms with Gasteiger partial charge in [-0.2, -0.15) is 0 Å². The van der Waals surface area contributed by atoms with Crippen LogP contribution in [0.4, 0.5) is 0 Å². The fraction of sp³-hybridized carbons (Fsp3) is 0.364. The fourth-order valence-corrected chi connectivity index (χ4v) is 1.63. The predicted octanol–water partition coefficient (Wildman–Crippen LogP) is 3.14. The van der Waals surface area contributed by atoms with Gasteiger partial charge in [-0.05, 0) is 41.5 Å². The van der Waals surface area contributed by atoms with Crippen LogP contribution in [0.3, 0.4) is 0 Å². The summed E-state index contributed by atoms with van der Waals surface area (Å²) >= 11 is 2.20. The Morgan fingerprint density at radius 1 is 1.64 bits per heavy atom. The molecule has 0 aromatic heterocycles. The van der Waals surface area contributed by atoms with E-state index in [-0.39, 0.29) is 5.97 Å². The van der Waals surface area contributed by atoms with Gasteiger partial charge in [-0.15, -0.1) is 0 Å². The third-order valence-electron chi connectivity index (χ3n) is 1.71. The van der Waals surface area contributed by atoms with Crippen molar-refractivity contribution >= 4 is 28.6 Å². The molecule has 1 aliphatic carbocycles. The SMILES string of the molecule is CCCOC(=O)C1=CC(I)=CCC=C1. The Bertz CT molecular complexity index is 300. The van der Waals surface area contributed by atoms with E-state index in [0.29, 0.717) is 12.2 Å². The summed E-state index contributed by atoms with van der Waals surface area (Å²) in [4.78, 5) is 11.5. The number of ether oxygens (including phenoxy) is 1. The first kappa shape index (κ1) is 11.5. The van der Waals surface area contributed by atoms with Crippen molar-refractivity contribution in [3.8, 4) is 0 Å². The number of halogens is 1. The Labute approximate surface area is 97.9 Å². The van der Waals surface area contributed by atoms with Crippen LogP contribution in [-0.2, 0) is 9.53 Å². The first-order valence-corrected chi connectivity index (χ1v) is 5.73. The highest BCUT2D eigenvalue weighted by atomic mass is 127. The van der Waals surface area contributed by atoms with Gasteiger partial charge in [0.25, 0.3) is 0 Å². The third kappa shape index (κ3) is 3.65. The Hall–Kier alpha value is -0.580. The van der Waals surface area contributed by atoms with Crippen molar-refractivity contribution in [2.75, 3.05) is 6.61 Å². The van der Waals surface area contributed by atoms with Gasteiger partial charge >= 0.3 is 5.97 Å². The zero-order valence-corrected chi connectivity index (χ0v) is 10.3. The van der Waals surface area contributed by atoms with Crippen molar-refractivity contribution in [3.05, 3.63) is 33.5 Å². The summed E-state index contributed by atoms with van der Waals surface area (Å²) in [6.45, 7) is 2.47. The van der Waals surface area contributed by atoms with E-state index in [0.717, 1.165) is 16.4 Å². The largest absolute Gasteiger partial charge is 0.462 e. The summed E-state index contributed by atoms with van der Waals surface area (Å²) < 4.78 is 6.13. The van der Waals surface area contributed by atoms with Crippen molar-refractivity contribution in [2.24, 2.45) is 0 Å². The number of allylic oxidation sites excluding steroid dienone is 4. The molecule has 0 spiro atoms. The summed E-state index contributed by atoms with van der Waals surface area (Å²) in [6.07, 6.45) is 9.43. The number of hydrogen-bond acceptors (Lipinski definition) is 2. The second kappa shape index (κ2) is 6.01. The molecule has 76 valence electrons. The van der Waals surface area contributed by atoms with E-state index in [1.807, 2.05) is 25.2 Å². The van der Waals surface area contributed by atoms with Crippen molar-refractivity contribution in [2.45, 2.75) is 19.8 Å². The number of carbonyl (C=O) groups excluding carboxylic acids is 1. The summed E-state index contributed by atoms with van der Waals surface area (Å²) in [5.41, 5.74) is 0.636. The second-order valence-electron chi connectivity index (χ2n) is 2.96. The average Bonchev–Trinajstić information content (AvgIpc) is 2.39. The molecule has 0 saturated carbocycles. The normalized spacial score (nSPS) is 15.6. The van der Waals surface area contributed by atoms with Crippen LogP contribution < -0.4 is 0 Å². The van der Waals surface area contributed by atoms with Gasteiger partial charge in [0.05, 0.1) is 12.2 Å². The Kier molecular flexibility index (Phi) is 4.93. The molecule has 0 bridgehead atoms. The van der Waals surface area contributed by atoms with Gasteiger partial charge in [-0.1, -0.05) is 25.2 Å². The molecule has 0 unspecified atom stereocenters. The first-order valence-electron chi connectivity index (χ1n) is 4.65. The molecule has 0 heterocycles. The van der Waals surface area contributed by atoms with Crippen LogP contribution in [0, 0.1) is 0 Å². The van der Waals surface area contributed by atoms with Gasteiger partial charge in [-0.3, -0.25) is 0 Å². The molecule has 0 amide bonds. The third-order valence-corrected chi connectivity index (χ3v) is 2.46. The molecule has 0 fully saturated rings. The molecule has 0 N–H and O–H groups in total. The van der Waals surface area contributed by atoms with Crippen LogP contribution in [0.25, 0.3) is 0 Å². The van der Waals surface area contributed by atoms with Gasteiger partial charge in [0.15, 0.2) is 0 Å². The summed E-state index contributed by atoms with van der Waals surface area (Å²) in [7, 11) is 0. The quantitative estimate of drug-likeness (QED) is 0.591. The molecule has 0 radical (unpaired) electrons. The van der Waals surface area contributed by atoms with Gasteiger partial charge < -0.3 is 4.74 Å². The predicted molar refractivity (Wildman–Crippen MR) is 65.2 cm³/mol. The average molecular weight is 304 g/mol. The first-order chi connectivity index (χ1) is 6.74. The van der Waals surface area contributed by atoms with Gasteiger partial charge in [-0.25, -0.2) is 4.79 Å². The van der Waals surface area contributed by atoms with E-state index >= 15 is 0 Å². The minimum absolute atomic E-state index is 0.229. The molecule has 1 aliphatic rings. The van der Waals surface area contributed by atoms with Gasteiger partial charge in [0, 0.05) is 3.58 Å². The van der Waals surface area contributed by atoms with Crippen molar-refractivity contribution in [1.82, 2.24) is 0 Å². The van der Waals surface area contributed by atoms with E-state index in [1.165, 1.54) is 0 Å². The molecule has 0 aliphatic heterocycles. The maximum absolute atomic E-state index is 11.5. The Morgan fingerprint density at radius 2 is 2.43 bits per heavy atom. The number of esters is 1. The molecule has 14 heavy (non-hydrogen) atoms. The van der Waals surface area contributed by atoms with E-state index in [1.54, 1.807) is 0 Å². The maximum atomic E-state index is 11.5. The highest BCUT2D eigenvalue weighted by molar-refractivity contribution is 14.1. The van der Waals surface area contributed by atoms with Crippen LogP contribution >= 0.6 is 22.6 Å². The smallest absolute Gasteiger partial charge is 0.338 e. The number of hydrogen-bond donors (Lipinski definition) is 0. The molecule has 0 saturated heterocycles. The van der Waals surface area contributed by atoms with Crippen LogP contribution in [0.1, 0.15) is 19.8 Å². The Balaban J connectivity index is 2.66. The van der Waals surface area contributed by atoms with Crippen molar-refractivity contribution in [3.63, 3.8) is 0 Å². The molecule has 1 rings (SSSR count). The molecular weight excluding hydrogens is 291 g/mol. The van der Waals surface area contributed by atoms with Crippen LogP contribution in [-0.4, -0.2) is 12.6 Å². The second-order valence-corrected chi connectivity index (χ2v) is 4.21. The highest BCUT2D eigenvalue weighted by Crippen LogP contribution is 2.17. The molecule has 0 aromatic rings. The molecule has 0 atom stereocenters. The van der Waals surface area contributed by atoms with Crippen molar-refractivity contribution in [1.29, 1.82) is 0 Å². The monoisotopic (exact) mass is 304 g/mol. The van der Waals surface area contributed by atoms with E-state index in [2.05, 4.69) is 28.7 Å². The maximum Gasteiger partial charge on any atom is 0.338 e. The van der Waals surface area contributed by atoms with Gasteiger partial charge in [0.2, 0.25) is 0 Å². The molecule has 0 aromatic carbocycles. The fourth-order valence-electron chi connectivity index (χ4n) is 1.04. The summed E-state index contributed by atoms with van der Waals surface area (Å²) in [5, 5.41) is 0. The topological polar surface area (TPSA) is 26.3 Å². The lowest BCUT2D eigenvalue weighted by atomic mass is 10.2. The van der Waals surface area contributed by atoms with E-state index in [4.69, 9.17) is 4.74 Å². The van der Waals surface area contributed by atoms with Crippen LogP contribution in [0.15, 0.2) is 33.5 Å². The Morgan fingerprint density at radius 3 is 3.14 bits per heavy atom. The summed E-state index contributed by atoms with van der Waals surface area (Å²) in [6, 6.07) is 0. The molecule has 2 nitrogen and oxygen atoms in total. The molecular formula is C11H13IO2. The van der Waals surface area contributed by atoms with Crippen LogP contribution in [0.2, 0.25) is 0 Å². The zero-order chi connectivity index (χ0) is 10.4. The van der Waals surface area contributed by atoms with E-state index < -0.39 is 0 Å². The van der Waals surface area contributed by atoms with Crippen molar-refractivity contribution < 1.29 is 9.53 Å². The lowest BCUT2D eigenvalue weighted by Gasteiger charge is -2.02. The molecule has 3 heteroatoms. The van der Waals surface area contributed by atoms with Gasteiger partial charge in [0.1, 0.15) is 0 Å². The lowest BCUT2D eigenvalue weighted by Crippen LogP contribution is -2.07. The number of rotatable bonds is 3. The standard InChI is InChI=1S/C11H13IO2/c1-2-7-14-11(13)9-5-3-4-6-10(12)8-9/h3,5-6,8H,2,4,7H2,1H3. The number of carbonyl (C=O) groups is 1. The lowest BCUT2D eigenvalue weighted by molar-refractivity contribution is -0.138. The zero-order valence-electron chi connectivity index (χ0n) is 8.13. The van der Waals surface area contributed by atoms with E-state index in [9.17, 15) is 4.79 Å². The van der Waals surface area contributed by atoms with Crippen LogP contribution in [0.5, 0.6) is 0 Å².